The average Bonchev–Trinajstić information content (AvgIpc) is 3.65. The van der Waals surface area contributed by atoms with Crippen LogP contribution in [0.3, 0.4) is 0 Å². The molecule has 1 unspecified atom stereocenters. The quantitative estimate of drug-likeness (QED) is 0.278. The number of aromatic nitrogens is 4. The molecule has 0 radical (unpaired) electrons. The Hall–Kier alpha value is -3.73. The Morgan fingerprint density at radius 1 is 1.11 bits per heavy atom. The van der Waals surface area contributed by atoms with Crippen LogP contribution in [0.4, 0.5) is 0 Å². The largest absolute Gasteiger partial charge is 0.423 e. The van der Waals surface area contributed by atoms with Crippen molar-refractivity contribution in [1.29, 1.82) is 0 Å². The van der Waals surface area contributed by atoms with Crippen LogP contribution < -0.4 is 11.1 Å². The molecule has 188 valence electrons. The highest BCUT2D eigenvalue weighted by Crippen LogP contribution is 2.27. The Morgan fingerprint density at radius 3 is 2.68 bits per heavy atom. The fourth-order valence-corrected chi connectivity index (χ4v) is 5.32. The van der Waals surface area contributed by atoms with E-state index in [1.165, 1.54) is 22.7 Å². The number of hydrogen-bond donors (Lipinski definition) is 2. The van der Waals surface area contributed by atoms with E-state index in [1.54, 1.807) is 6.20 Å². The van der Waals surface area contributed by atoms with Gasteiger partial charge in [0.05, 0.1) is 18.5 Å². The van der Waals surface area contributed by atoms with Crippen LogP contribution in [0.25, 0.3) is 10.6 Å². The molecule has 0 fully saturated rings. The van der Waals surface area contributed by atoms with Crippen LogP contribution >= 0.6 is 22.7 Å². The van der Waals surface area contributed by atoms with Crippen molar-refractivity contribution in [1.82, 2.24) is 25.5 Å². The normalized spacial score (nSPS) is 12.8. The maximum atomic E-state index is 13.0. The van der Waals surface area contributed by atoms with Crippen LogP contribution in [-0.2, 0) is 24.9 Å². The number of benzene rings is 2. The number of thiazole rings is 2. The van der Waals surface area contributed by atoms with E-state index in [1.807, 2.05) is 73.1 Å². The summed E-state index contributed by atoms with van der Waals surface area (Å²) < 4.78 is 6.00. The molecule has 2 aromatic carbocycles. The number of rotatable bonds is 9. The van der Waals surface area contributed by atoms with Gasteiger partial charge in [0.1, 0.15) is 10.0 Å². The van der Waals surface area contributed by atoms with Gasteiger partial charge in [0.15, 0.2) is 0 Å². The number of nitrogens with one attached hydrogen (secondary N) is 1. The molecule has 5 aromatic rings. The van der Waals surface area contributed by atoms with Gasteiger partial charge in [-0.05, 0) is 49.6 Å². The van der Waals surface area contributed by atoms with E-state index in [4.69, 9.17) is 10.2 Å². The number of carbonyl (C=O) groups excluding carboxylic acids is 1. The molecule has 5 rings (SSSR count). The highest BCUT2D eigenvalue weighted by Gasteiger charge is 2.28. The molecule has 10 heteroatoms. The molecule has 0 spiro atoms. The third kappa shape index (κ3) is 6.16. The second kappa shape index (κ2) is 10.7. The van der Waals surface area contributed by atoms with Crippen molar-refractivity contribution in [3.05, 3.63) is 105 Å². The van der Waals surface area contributed by atoms with Gasteiger partial charge in [-0.25, -0.2) is 9.97 Å². The smallest absolute Gasteiger partial charge is 0.251 e. The minimum absolute atomic E-state index is 0.184. The third-order valence-electron chi connectivity index (χ3n) is 5.73. The van der Waals surface area contributed by atoms with Gasteiger partial charge in [0, 0.05) is 33.8 Å². The van der Waals surface area contributed by atoms with Crippen LogP contribution in [0.5, 0.6) is 0 Å². The molecule has 3 aromatic heterocycles. The number of aryl methyl sites for hydroxylation is 1. The Bertz CT molecular complexity index is 1490. The molecule has 3 N–H and O–H groups in total. The molecular weight excluding hydrogens is 504 g/mol. The lowest BCUT2D eigenvalue weighted by Crippen LogP contribution is -2.35. The first kappa shape index (κ1) is 24.9. The summed E-state index contributed by atoms with van der Waals surface area (Å²) in [6.07, 6.45) is 2.67. The van der Waals surface area contributed by atoms with Crippen molar-refractivity contribution in [2.24, 2.45) is 5.73 Å². The molecule has 8 nitrogen and oxygen atoms in total. The summed E-state index contributed by atoms with van der Waals surface area (Å²) in [4.78, 5) is 21.9. The molecule has 1 amide bonds. The van der Waals surface area contributed by atoms with Crippen molar-refractivity contribution in [3.8, 4) is 10.6 Å². The lowest BCUT2D eigenvalue weighted by Gasteiger charge is -2.20. The predicted molar refractivity (Wildman–Crippen MR) is 144 cm³/mol. The first-order chi connectivity index (χ1) is 17.9. The minimum atomic E-state index is -0.811. The Kier molecular flexibility index (Phi) is 7.22. The Morgan fingerprint density at radius 2 is 1.95 bits per heavy atom. The van der Waals surface area contributed by atoms with Gasteiger partial charge in [-0.15, -0.1) is 32.9 Å². The summed E-state index contributed by atoms with van der Waals surface area (Å²) in [5, 5.41) is 17.0. The first-order valence-corrected chi connectivity index (χ1v) is 13.5. The van der Waals surface area contributed by atoms with E-state index < -0.39 is 5.54 Å². The number of hydrogen-bond acceptors (Lipinski definition) is 9. The van der Waals surface area contributed by atoms with Crippen LogP contribution in [0.2, 0.25) is 0 Å². The molecule has 0 bridgehead atoms. The molecule has 0 aliphatic heterocycles. The van der Waals surface area contributed by atoms with Crippen molar-refractivity contribution >= 4 is 28.6 Å². The van der Waals surface area contributed by atoms with Gasteiger partial charge in [0.25, 0.3) is 5.91 Å². The monoisotopic (exact) mass is 530 g/mol. The van der Waals surface area contributed by atoms with Gasteiger partial charge in [0.2, 0.25) is 11.8 Å². The minimum Gasteiger partial charge on any atom is -0.423 e. The van der Waals surface area contributed by atoms with E-state index in [2.05, 4.69) is 25.5 Å². The second-order valence-corrected chi connectivity index (χ2v) is 10.9. The molecule has 37 heavy (non-hydrogen) atoms. The highest BCUT2D eigenvalue weighted by atomic mass is 32.1. The topological polar surface area (TPSA) is 120 Å². The van der Waals surface area contributed by atoms with E-state index in [9.17, 15) is 4.79 Å². The maximum Gasteiger partial charge on any atom is 0.251 e. The van der Waals surface area contributed by atoms with Crippen LogP contribution in [0.15, 0.2) is 69.9 Å². The van der Waals surface area contributed by atoms with E-state index >= 15 is 0 Å². The lowest BCUT2D eigenvalue weighted by molar-refractivity contribution is 0.0950. The Balaban J connectivity index is 1.36. The second-order valence-electron chi connectivity index (χ2n) is 9.08. The van der Waals surface area contributed by atoms with Crippen molar-refractivity contribution in [2.45, 2.75) is 38.8 Å². The SMILES string of the molecule is Cc1csc(CNC(=O)c2cc(Cc3nnc(C(C)(N)Cc4ccccc4)o3)cc(-c3nccs3)c2)n1. The lowest BCUT2D eigenvalue weighted by atomic mass is 9.94. The molecule has 1 atom stereocenters. The summed E-state index contributed by atoms with van der Waals surface area (Å²) >= 11 is 3.04. The van der Waals surface area contributed by atoms with Gasteiger partial charge < -0.3 is 15.5 Å². The predicted octanol–water partition coefficient (Wildman–Crippen LogP) is 4.90. The summed E-state index contributed by atoms with van der Waals surface area (Å²) in [6.45, 7) is 4.19. The standard InChI is InChI=1S/C27H26N6O2S2/c1-17-16-37-23(31-17)15-30-24(34)20-10-19(11-21(13-20)25-29-8-9-36-25)12-22-32-33-26(35-22)27(2,28)14-18-6-4-3-5-7-18/h3-11,13,16H,12,14-15,28H2,1-2H3,(H,30,34). The van der Waals surface area contributed by atoms with E-state index in [0.29, 0.717) is 36.7 Å². The summed E-state index contributed by atoms with van der Waals surface area (Å²) in [5.41, 5.74) is 10.0. The zero-order valence-electron chi connectivity index (χ0n) is 20.5. The fraction of sp³-hybridized carbons (Fsp3) is 0.222. The van der Waals surface area contributed by atoms with Gasteiger partial charge in [-0.3, -0.25) is 4.79 Å². The zero-order valence-corrected chi connectivity index (χ0v) is 22.1. The summed E-state index contributed by atoms with van der Waals surface area (Å²) in [5.74, 6) is 0.621. The molecule has 3 heterocycles. The number of carbonyl (C=O) groups is 1. The first-order valence-electron chi connectivity index (χ1n) is 11.7. The summed E-state index contributed by atoms with van der Waals surface area (Å²) in [6, 6.07) is 15.7. The number of nitrogens with zero attached hydrogens (tertiary/aromatic N) is 4. The van der Waals surface area contributed by atoms with Gasteiger partial charge >= 0.3 is 0 Å². The molecule has 0 saturated carbocycles. The number of nitrogens with two attached hydrogens (primary N) is 1. The van der Waals surface area contributed by atoms with Crippen LogP contribution in [0.1, 0.15) is 50.9 Å². The fourth-order valence-electron chi connectivity index (χ4n) is 3.98. The zero-order chi connectivity index (χ0) is 25.8. The third-order valence-corrected chi connectivity index (χ3v) is 7.51. The maximum absolute atomic E-state index is 13.0. The van der Waals surface area contributed by atoms with Crippen LogP contribution in [-0.4, -0.2) is 26.1 Å². The molecular formula is C27H26N6O2S2. The summed E-state index contributed by atoms with van der Waals surface area (Å²) in [7, 11) is 0. The van der Waals surface area contributed by atoms with Gasteiger partial charge in [-0.2, -0.15) is 0 Å². The van der Waals surface area contributed by atoms with Crippen LogP contribution in [0, 0.1) is 6.92 Å². The van der Waals surface area contributed by atoms with E-state index in [0.717, 1.165) is 32.4 Å². The molecule has 0 aliphatic carbocycles. The highest BCUT2D eigenvalue weighted by molar-refractivity contribution is 7.13. The Labute approximate surface area is 222 Å². The van der Waals surface area contributed by atoms with Crippen molar-refractivity contribution < 1.29 is 9.21 Å². The molecule has 0 saturated heterocycles. The van der Waals surface area contributed by atoms with Crippen molar-refractivity contribution in [3.63, 3.8) is 0 Å². The molecule has 0 aliphatic rings. The van der Waals surface area contributed by atoms with Gasteiger partial charge in [-0.1, -0.05) is 30.3 Å². The van der Waals surface area contributed by atoms with Crippen molar-refractivity contribution in [2.75, 3.05) is 0 Å². The van der Waals surface area contributed by atoms with E-state index in [-0.39, 0.29) is 5.91 Å². The average molecular weight is 531 g/mol. The number of amides is 1.